The smallest absolute Gasteiger partial charge is 0.238 e. The van der Waals surface area contributed by atoms with Crippen LogP contribution in [-0.4, -0.2) is 22.4 Å². The molecule has 0 spiro atoms. The summed E-state index contributed by atoms with van der Waals surface area (Å²) in [5.41, 5.74) is 1.70. The molecule has 1 aliphatic carbocycles. The number of nitrogens with zero attached hydrogens (tertiary/aromatic N) is 2. The van der Waals surface area contributed by atoms with Crippen molar-refractivity contribution in [2.24, 2.45) is 0 Å². The molecule has 0 bridgehead atoms. The van der Waals surface area contributed by atoms with Crippen molar-refractivity contribution in [3.63, 3.8) is 0 Å². The average Bonchev–Trinajstić information content (AvgIpc) is 3.00. The highest BCUT2D eigenvalue weighted by atomic mass is 16.5. The van der Waals surface area contributed by atoms with Crippen LogP contribution in [0.25, 0.3) is 0 Å². The second kappa shape index (κ2) is 3.30. The van der Waals surface area contributed by atoms with Crippen molar-refractivity contribution in [3.8, 4) is 5.88 Å². The van der Waals surface area contributed by atoms with Crippen molar-refractivity contribution in [3.05, 3.63) is 17.3 Å². The van der Waals surface area contributed by atoms with Crippen molar-refractivity contribution in [2.75, 3.05) is 7.11 Å². The van der Waals surface area contributed by atoms with E-state index in [2.05, 4.69) is 10.2 Å². The fraction of sp³-hybridized carbons (Fsp3) is 0.556. The van der Waals surface area contributed by atoms with Gasteiger partial charge in [0.2, 0.25) is 5.88 Å². The molecule has 0 radical (unpaired) electrons. The largest absolute Gasteiger partial charge is 0.480 e. The lowest BCUT2D eigenvalue weighted by Gasteiger charge is -2.04. The van der Waals surface area contributed by atoms with Gasteiger partial charge in [-0.2, -0.15) is 5.10 Å². The predicted molar refractivity (Wildman–Crippen MR) is 46.5 cm³/mol. The zero-order valence-electron chi connectivity index (χ0n) is 7.53. The third kappa shape index (κ3) is 1.62. The van der Waals surface area contributed by atoms with Crippen LogP contribution < -0.4 is 4.74 Å². The molecule has 70 valence electrons. The first-order chi connectivity index (χ1) is 6.35. The highest BCUT2D eigenvalue weighted by Crippen LogP contribution is 2.39. The van der Waals surface area contributed by atoms with Gasteiger partial charge in [-0.25, -0.2) is 0 Å². The minimum absolute atomic E-state index is 0.0432. The van der Waals surface area contributed by atoms with Gasteiger partial charge in [-0.15, -0.1) is 5.10 Å². The molecule has 1 N–H and O–H groups in total. The quantitative estimate of drug-likeness (QED) is 0.749. The highest BCUT2D eigenvalue weighted by Gasteiger charge is 2.26. The second-order valence-corrected chi connectivity index (χ2v) is 3.24. The monoisotopic (exact) mass is 180 g/mol. The molecule has 1 fully saturated rings. The number of aliphatic hydroxyl groups excluding tert-OH is 1. The molecule has 4 nitrogen and oxygen atoms in total. The SMILES string of the molecule is COc1nnc(C2CC2)cc1CO. The van der Waals surface area contributed by atoms with Crippen LogP contribution in [0.2, 0.25) is 0 Å². The molecule has 1 aromatic rings. The van der Waals surface area contributed by atoms with Crippen LogP contribution in [0.1, 0.15) is 30.0 Å². The molecule has 1 heterocycles. The van der Waals surface area contributed by atoms with E-state index >= 15 is 0 Å². The van der Waals surface area contributed by atoms with E-state index in [1.165, 1.54) is 20.0 Å². The van der Waals surface area contributed by atoms with Gasteiger partial charge in [0, 0.05) is 11.5 Å². The minimum atomic E-state index is -0.0432. The molecule has 0 atom stereocenters. The van der Waals surface area contributed by atoms with Crippen LogP contribution in [-0.2, 0) is 6.61 Å². The summed E-state index contributed by atoms with van der Waals surface area (Å²) < 4.78 is 4.96. The zero-order chi connectivity index (χ0) is 9.26. The van der Waals surface area contributed by atoms with Gasteiger partial charge in [0.15, 0.2) is 0 Å². The molecule has 4 heteroatoms. The van der Waals surface area contributed by atoms with Crippen molar-refractivity contribution < 1.29 is 9.84 Å². The van der Waals surface area contributed by atoms with Gasteiger partial charge in [0.25, 0.3) is 0 Å². The minimum Gasteiger partial charge on any atom is -0.480 e. The molecule has 0 saturated heterocycles. The summed E-state index contributed by atoms with van der Waals surface area (Å²) in [6.07, 6.45) is 2.37. The van der Waals surface area contributed by atoms with E-state index in [0.717, 1.165) is 11.3 Å². The Labute approximate surface area is 76.6 Å². The van der Waals surface area contributed by atoms with E-state index in [9.17, 15) is 0 Å². The van der Waals surface area contributed by atoms with Crippen LogP contribution in [0.5, 0.6) is 5.88 Å². The molecular weight excluding hydrogens is 168 g/mol. The lowest BCUT2D eigenvalue weighted by molar-refractivity contribution is 0.270. The molecule has 13 heavy (non-hydrogen) atoms. The van der Waals surface area contributed by atoms with E-state index in [1.54, 1.807) is 0 Å². The predicted octanol–water partition coefficient (Wildman–Crippen LogP) is 0.855. The number of methoxy groups -OCH3 is 1. The molecule has 0 aromatic carbocycles. The second-order valence-electron chi connectivity index (χ2n) is 3.24. The summed E-state index contributed by atoms with van der Waals surface area (Å²) >= 11 is 0. The van der Waals surface area contributed by atoms with Gasteiger partial charge in [-0.05, 0) is 18.9 Å². The summed E-state index contributed by atoms with van der Waals surface area (Å²) in [6, 6.07) is 1.88. The number of aliphatic hydroxyl groups is 1. The van der Waals surface area contributed by atoms with Gasteiger partial charge in [-0.1, -0.05) is 0 Å². The average molecular weight is 180 g/mol. The maximum absolute atomic E-state index is 9.03. The van der Waals surface area contributed by atoms with E-state index in [1.807, 2.05) is 6.07 Å². The normalized spacial score (nSPS) is 15.8. The van der Waals surface area contributed by atoms with E-state index in [-0.39, 0.29) is 6.61 Å². The Hall–Kier alpha value is -1.16. The molecule has 2 rings (SSSR count). The van der Waals surface area contributed by atoms with E-state index in [4.69, 9.17) is 9.84 Å². The van der Waals surface area contributed by atoms with Crippen LogP contribution >= 0.6 is 0 Å². The molecule has 1 aromatic heterocycles. The number of ether oxygens (including phenoxy) is 1. The number of hydrogen-bond acceptors (Lipinski definition) is 4. The first-order valence-electron chi connectivity index (χ1n) is 4.36. The topological polar surface area (TPSA) is 55.2 Å². The summed E-state index contributed by atoms with van der Waals surface area (Å²) in [5, 5.41) is 17.0. The fourth-order valence-corrected chi connectivity index (χ4v) is 1.30. The molecule has 1 saturated carbocycles. The summed E-state index contributed by atoms with van der Waals surface area (Å²) in [4.78, 5) is 0. The van der Waals surface area contributed by atoms with Crippen molar-refractivity contribution in [1.29, 1.82) is 0 Å². The van der Waals surface area contributed by atoms with Crippen LogP contribution in [0.4, 0.5) is 0 Å². The van der Waals surface area contributed by atoms with Crippen LogP contribution in [0, 0.1) is 0 Å². The highest BCUT2D eigenvalue weighted by molar-refractivity contribution is 5.28. The van der Waals surface area contributed by atoms with Crippen molar-refractivity contribution in [1.82, 2.24) is 10.2 Å². The Kier molecular flexibility index (Phi) is 2.14. The van der Waals surface area contributed by atoms with Crippen molar-refractivity contribution in [2.45, 2.75) is 25.4 Å². The standard InChI is InChI=1S/C9H12N2O2/c1-13-9-7(5-12)4-8(10-11-9)6-2-3-6/h4,6,12H,2-3,5H2,1H3. The first-order valence-corrected chi connectivity index (χ1v) is 4.36. The Bertz CT molecular complexity index is 310. The Morgan fingerprint density at radius 1 is 1.54 bits per heavy atom. The van der Waals surface area contributed by atoms with Crippen LogP contribution in [0.3, 0.4) is 0 Å². The first kappa shape index (κ1) is 8.44. The van der Waals surface area contributed by atoms with E-state index in [0.29, 0.717) is 11.8 Å². The van der Waals surface area contributed by atoms with Crippen LogP contribution in [0.15, 0.2) is 6.07 Å². The van der Waals surface area contributed by atoms with E-state index < -0.39 is 0 Å². The molecule has 0 unspecified atom stereocenters. The van der Waals surface area contributed by atoms with Gasteiger partial charge in [0.1, 0.15) is 0 Å². The maximum atomic E-state index is 9.03. The third-order valence-electron chi connectivity index (χ3n) is 2.21. The molecule has 0 amide bonds. The number of rotatable bonds is 3. The van der Waals surface area contributed by atoms with Gasteiger partial charge < -0.3 is 9.84 Å². The van der Waals surface area contributed by atoms with Crippen molar-refractivity contribution >= 4 is 0 Å². The molecule has 0 aliphatic heterocycles. The van der Waals surface area contributed by atoms with Gasteiger partial charge in [0.05, 0.1) is 19.4 Å². The number of hydrogen-bond donors (Lipinski definition) is 1. The Balaban J connectivity index is 2.31. The summed E-state index contributed by atoms with van der Waals surface area (Å²) in [7, 11) is 1.53. The maximum Gasteiger partial charge on any atom is 0.238 e. The molecule has 1 aliphatic rings. The van der Waals surface area contributed by atoms with Gasteiger partial charge >= 0.3 is 0 Å². The Morgan fingerprint density at radius 2 is 2.31 bits per heavy atom. The molecular formula is C9H12N2O2. The lowest BCUT2D eigenvalue weighted by Crippen LogP contribution is -2.00. The van der Waals surface area contributed by atoms with Gasteiger partial charge in [-0.3, -0.25) is 0 Å². The fourth-order valence-electron chi connectivity index (χ4n) is 1.30. The third-order valence-corrected chi connectivity index (χ3v) is 2.21. The number of aromatic nitrogens is 2. The summed E-state index contributed by atoms with van der Waals surface area (Å²) in [6.45, 7) is -0.0432. The Morgan fingerprint density at radius 3 is 2.85 bits per heavy atom. The summed E-state index contributed by atoms with van der Waals surface area (Å²) in [5.74, 6) is 0.982. The lowest BCUT2D eigenvalue weighted by atomic mass is 10.2. The zero-order valence-corrected chi connectivity index (χ0v) is 7.53.